The number of hydrogen-bond acceptors (Lipinski definition) is 4. The second-order valence-electron chi connectivity index (χ2n) is 6.94. The van der Waals surface area contributed by atoms with E-state index in [0.717, 1.165) is 0 Å². The van der Waals surface area contributed by atoms with Gasteiger partial charge in [0.2, 0.25) is 0 Å². The van der Waals surface area contributed by atoms with E-state index in [1.165, 1.54) is 6.07 Å². The van der Waals surface area contributed by atoms with E-state index >= 15 is 0 Å². The minimum absolute atomic E-state index is 0.123. The normalized spacial score (nSPS) is 13.2. The summed E-state index contributed by atoms with van der Waals surface area (Å²) in [7, 11) is -4.29. The Morgan fingerprint density at radius 3 is 1.85 bits per heavy atom. The molecule has 0 aliphatic rings. The van der Waals surface area contributed by atoms with E-state index in [4.69, 9.17) is 0 Å². The van der Waals surface area contributed by atoms with Gasteiger partial charge in [-0.2, -0.15) is 8.42 Å². The van der Waals surface area contributed by atoms with Gasteiger partial charge in [0.1, 0.15) is 4.90 Å². The van der Waals surface area contributed by atoms with E-state index in [9.17, 15) is 13.0 Å². The predicted octanol–water partition coefficient (Wildman–Crippen LogP) is 3.35. The Bertz CT molecular complexity index is 581. The van der Waals surface area contributed by atoms with Crippen LogP contribution in [0.2, 0.25) is 0 Å². The molecule has 1 rings (SSSR count). The average molecular weight is 300 g/mol. The summed E-state index contributed by atoms with van der Waals surface area (Å²) >= 11 is 0. The molecule has 0 aliphatic carbocycles. The molecular formula is C14H24N2O3S. The van der Waals surface area contributed by atoms with Crippen LogP contribution in [0, 0.1) is 0 Å². The lowest BCUT2D eigenvalue weighted by Crippen LogP contribution is -2.28. The highest BCUT2D eigenvalue weighted by atomic mass is 32.2. The first kappa shape index (κ1) is 16.8. The van der Waals surface area contributed by atoms with Gasteiger partial charge in [0, 0.05) is 16.8 Å². The van der Waals surface area contributed by atoms with Crippen LogP contribution in [0.4, 0.5) is 11.4 Å². The Hall–Kier alpha value is -1.27. The van der Waals surface area contributed by atoms with Crippen molar-refractivity contribution in [1.82, 2.24) is 0 Å². The Morgan fingerprint density at radius 1 is 0.950 bits per heavy atom. The van der Waals surface area contributed by atoms with Crippen LogP contribution in [-0.2, 0) is 10.1 Å². The summed E-state index contributed by atoms with van der Waals surface area (Å²) in [6.07, 6.45) is 0. The summed E-state index contributed by atoms with van der Waals surface area (Å²) < 4.78 is 32.5. The molecule has 0 bridgehead atoms. The zero-order chi connectivity index (χ0) is 15.8. The van der Waals surface area contributed by atoms with Crippen LogP contribution in [0.3, 0.4) is 0 Å². The molecule has 5 nitrogen and oxygen atoms in total. The summed E-state index contributed by atoms with van der Waals surface area (Å²) in [5, 5.41) is 6.26. The monoisotopic (exact) mass is 300 g/mol. The minimum Gasteiger partial charge on any atom is -0.380 e. The van der Waals surface area contributed by atoms with Crippen LogP contribution >= 0.6 is 0 Å². The van der Waals surface area contributed by atoms with Crippen molar-refractivity contribution in [1.29, 1.82) is 0 Å². The highest BCUT2D eigenvalue weighted by molar-refractivity contribution is 7.86. The van der Waals surface area contributed by atoms with Crippen LogP contribution in [0.25, 0.3) is 0 Å². The van der Waals surface area contributed by atoms with Crippen molar-refractivity contribution in [2.45, 2.75) is 57.5 Å². The first-order valence-corrected chi connectivity index (χ1v) is 7.90. The molecule has 0 radical (unpaired) electrons. The number of nitrogens with one attached hydrogen (secondary N) is 2. The molecule has 0 heterocycles. The zero-order valence-corrected chi connectivity index (χ0v) is 13.7. The summed E-state index contributed by atoms with van der Waals surface area (Å²) in [6, 6.07) is 4.88. The summed E-state index contributed by atoms with van der Waals surface area (Å²) in [5.41, 5.74) is 0.525. The zero-order valence-electron chi connectivity index (χ0n) is 12.9. The summed E-state index contributed by atoms with van der Waals surface area (Å²) in [5.74, 6) is 0. The molecule has 20 heavy (non-hydrogen) atoms. The Labute approximate surface area is 121 Å². The highest BCUT2D eigenvalue weighted by Gasteiger charge is 2.21. The van der Waals surface area contributed by atoms with Crippen LogP contribution in [0.15, 0.2) is 23.1 Å². The molecule has 114 valence electrons. The maximum Gasteiger partial charge on any atom is 0.296 e. The third-order valence-corrected chi connectivity index (χ3v) is 3.18. The third-order valence-electron chi connectivity index (χ3n) is 2.29. The Kier molecular flexibility index (Phi) is 4.41. The lowest BCUT2D eigenvalue weighted by molar-refractivity contribution is 0.483. The molecule has 3 N–H and O–H groups in total. The number of hydrogen-bond donors (Lipinski definition) is 3. The second-order valence-corrected chi connectivity index (χ2v) is 8.33. The van der Waals surface area contributed by atoms with Crippen molar-refractivity contribution >= 4 is 21.5 Å². The fourth-order valence-electron chi connectivity index (χ4n) is 1.75. The van der Waals surface area contributed by atoms with E-state index in [1.54, 1.807) is 12.1 Å². The fourth-order valence-corrected chi connectivity index (χ4v) is 2.43. The maximum absolute atomic E-state index is 11.5. The van der Waals surface area contributed by atoms with E-state index < -0.39 is 10.1 Å². The average Bonchev–Trinajstić information content (AvgIpc) is 2.14. The van der Waals surface area contributed by atoms with Gasteiger partial charge in [0.25, 0.3) is 10.1 Å². The van der Waals surface area contributed by atoms with Gasteiger partial charge in [0.15, 0.2) is 0 Å². The lowest BCUT2D eigenvalue weighted by atomic mass is 10.1. The van der Waals surface area contributed by atoms with Crippen molar-refractivity contribution in [2.75, 3.05) is 10.6 Å². The smallest absolute Gasteiger partial charge is 0.296 e. The largest absolute Gasteiger partial charge is 0.380 e. The van der Waals surface area contributed by atoms with Crippen molar-refractivity contribution in [3.05, 3.63) is 18.2 Å². The van der Waals surface area contributed by atoms with Crippen LogP contribution in [0.1, 0.15) is 41.5 Å². The SMILES string of the molecule is CC(C)(C)Nc1ccc(NC(C)(C)C)c(S(=O)(=O)O)c1. The molecule has 0 amide bonds. The quantitative estimate of drug-likeness (QED) is 0.746. The standard InChI is InChI=1S/C14H24N2O3S/c1-13(2,3)15-10-7-8-11(16-14(4,5)6)12(9-10)20(17,18)19/h7-9,15-16H,1-6H3,(H,17,18,19). The molecule has 0 aromatic heterocycles. The summed E-state index contributed by atoms with van der Waals surface area (Å²) in [6.45, 7) is 11.7. The van der Waals surface area contributed by atoms with Gasteiger partial charge in [-0.15, -0.1) is 0 Å². The number of rotatable bonds is 3. The molecule has 0 spiro atoms. The van der Waals surface area contributed by atoms with Gasteiger partial charge in [-0.3, -0.25) is 4.55 Å². The van der Waals surface area contributed by atoms with Crippen molar-refractivity contribution in [3.8, 4) is 0 Å². The Balaban J connectivity index is 3.28. The van der Waals surface area contributed by atoms with E-state index in [-0.39, 0.29) is 16.0 Å². The molecule has 1 aromatic rings. The van der Waals surface area contributed by atoms with Gasteiger partial charge in [-0.25, -0.2) is 0 Å². The van der Waals surface area contributed by atoms with Gasteiger partial charge < -0.3 is 10.6 Å². The molecule has 0 saturated carbocycles. The first-order valence-electron chi connectivity index (χ1n) is 6.46. The molecule has 6 heteroatoms. The van der Waals surface area contributed by atoms with E-state index in [2.05, 4.69) is 10.6 Å². The molecule has 0 fully saturated rings. The molecule has 1 aromatic carbocycles. The molecule has 0 aliphatic heterocycles. The maximum atomic E-state index is 11.5. The minimum atomic E-state index is -4.29. The highest BCUT2D eigenvalue weighted by Crippen LogP contribution is 2.28. The number of anilines is 2. The van der Waals surface area contributed by atoms with E-state index in [1.807, 2.05) is 41.5 Å². The molecule has 0 atom stereocenters. The van der Waals surface area contributed by atoms with Gasteiger partial charge >= 0.3 is 0 Å². The third kappa shape index (κ3) is 5.38. The van der Waals surface area contributed by atoms with Crippen molar-refractivity contribution in [3.63, 3.8) is 0 Å². The topological polar surface area (TPSA) is 78.4 Å². The van der Waals surface area contributed by atoms with Crippen molar-refractivity contribution < 1.29 is 13.0 Å². The van der Waals surface area contributed by atoms with Crippen LogP contribution in [-0.4, -0.2) is 24.0 Å². The van der Waals surface area contributed by atoms with Gasteiger partial charge in [-0.05, 0) is 59.7 Å². The van der Waals surface area contributed by atoms with Crippen molar-refractivity contribution in [2.24, 2.45) is 0 Å². The fraction of sp³-hybridized carbons (Fsp3) is 0.571. The molecular weight excluding hydrogens is 276 g/mol. The first-order chi connectivity index (χ1) is 8.78. The predicted molar refractivity (Wildman–Crippen MR) is 83.0 cm³/mol. The van der Waals surface area contributed by atoms with E-state index in [0.29, 0.717) is 11.4 Å². The Morgan fingerprint density at radius 2 is 1.45 bits per heavy atom. The summed E-state index contributed by atoms with van der Waals surface area (Å²) in [4.78, 5) is -0.123. The lowest BCUT2D eigenvalue weighted by Gasteiger charge is -2.26. The molecule has 0 saturated heterocycles. The van der Waals surface area contributed by atoms with Gasteiger partial charge in [0.05, 0.1) is 5.69 Å². The number of benzene rings is 1. The van der Waals surface area contributed by atoms with Gasteiger partial charge in [-0.1, -0.05) is 0 Å². The molecule has 0 unspecified atom stereocenters. The van der Waals surface area contributed by atoms with Crippen LogP contribution < -0.4 is 10.6 Å². The second kappa shape index (κ2) is 5.26. The van der Waals surface area contributed by atoms with Crippen LogP contribution in [0.5, 0.6) is 0 Å².